The molecule has 2 heterocycles. The molecule has 1 aliphatic heterocycles. The molecule has 9 heteroatoms. The number of nitrogens with zero attached hydrogens (tertiary/aromatic N) is 2. The lowest BCUT2D eigenvalue weighted by Gasteiger charge is -2.39. The van der Waals surface area contributed by atoms with Gasteiger partial charge in [0.05, 0.1) is 5.56 Å². The highest BCUT2D eigenvalue weighted by atomic mass is 32.2. The molecule has 0 radical (unpaired) electrons. The van der Waals surface area contributed by atoms with E-state index in [1.807, 2.05) is 66.7 Å². The number of nitriles is 1. The van der Waals surface area contributed by atoms with Gasteiger partial charge in [0.25, 0.3) is 10.0 Å². The summed E-state index contributed by atoms with van der Waals surface area (Å²) in [5, 5.41) is 8.70. The number of hydrogen-bond acceptors (Lipinski definition) is 7. The fourth-order valence-electron chi connectivity index (χ4n) is 5.34. The number of aromatic nitrogens is 1. The van der Waals surface area contributed by atoms with E-state index in [0.29, 0.717) is 31.2 Å². The Morgan fingerprint density at radius 1 is 0.860 bits per heavy atom. The standard InChI is InChI=1S/C34H31N3O5S/c35-23-28-14-15-32(36-24-28)43(40,41)37-29-13-7-12-27(20-29)21-30-31(38)22-34(42-33(30)39,18-16-25-8-3-1-4-9-25)19-17-26-10-5-2-6-11-26/h1-15,20,24,30,37H,16-19,21-22H2. The summed E-state index contributed by atoms with van der Waals surface area (Å²) in [5.74, 6) is -1.70. The van der Waals surface area contributed by atoms with Gasteiger partial charge < -0.3 is 4.74 Å². The van der Waals surface area contributed by atoms with E-state index >= 15 is 0 Å². The summed E-state index contributed by atoms with van der Waals surface area (Å²) in [6, 6.07) is 31.0. The molecule has 4 aromatic rings. The maximum absolute atomic E-state index is 13.6. The number of carbonyl (C=O) groups excluding carboxylic acids is 2. The van der Waals surface area contributed by atoms with Crippen LogP contribution in [0.5, 0.6) is 0 Å². The average molecular weight is 594 g/mol. The topological polar surface area (TPSA) is 126 Å². The average Bonchev–Trinajstić information content (AvgIpc) is 3.02. The normalized spacial score (nSPS) is 16.2. The summed E-state index contributed by atoms with van der Waals surface area (Å²) in [6.07, 6.45) is 3.83. The first-order valence-corrected chi connectivity index (χ1v) is 15.5. The number of ketones is 1. The second-order valence-electron chi connectivity index (χ2n) is 10.8. The maximum Gasteiger partial charge on any atom is 0.317 e. The van der Waals surface area contributed by atoms with Crippen molar-refractivity contribution in [2.45, 2.75) is 49.2 Å². The molecule has 5 rings (SSSR count). The first-order chi connectivity index (χ1) is 20.7. The third kappa shape index (κ3) is 7.53. The smallest absolute Gasteiger partial charge is 0.317 e. The summed E-state index contributed by atoms with van der Waals surface area (Å²) in [4.78, 5) is 30.8. The molecule has 0 spiro atoms. The fraction of sp³-hybridized carbons (Fsp3) is 0.235. The number of Topliss-reactive ketones (excluding diaryl/α,β-unsaturated/α-hetero) is 1. The molecule has 8 nitrogen and oxygen atoms in total. The molecular weight excluding hydrogens is 562 g/mol. The van der Waals surface area contributed by atoms with E-state index in [9.17, 15) is 18.0 Å². The summed E-state index contributed by atoms with van der Waals surface area (Å²) in [6.45, 7) is 0. The van der Waals surface area contributed by atoms with E-state index in [1.165, 1.54) is 18.3 Å². The molecule has 1 unspecified atom stereocenters. The van der Waals surface area contributed by atoms with Crippen LogP contribution in [0.1, 0.15) is 41.5 Å². The molecule has 0 bridgehead atoms. The van der Waals surface area contributed by atoms with Crippen molar-refractivity contribution < 1.29 is 22.7 Å². The van der Waals surface area contributed by atoms with E-state index in [4.69, 9.17) is 10.00 Å². The number of cyclic esters (lactones) is 1. The lowest BCUT2D eigenvalue weighted by atomic mass is 9.78. The maximum atomic E-state index is 13.6. The first-order valence-electron chi connectivity index (χ1n) is 14.1. The molecule has 0 saturated carbocycles. The van der Waals surface area contributed by atoms with E-state index in [1.54, 1.807) is 24.3 Å². The van der Waals surface area contributed by atoms with Crippen molar-refractivity contribution in [3.63, 3.8) is 0 Å². The Hall–Kier alpha value is -4.81. The molecule has 1 saturated heterocycles. The van der Waals surface area contributed by atoms with Crippen LogP contribution in [-0.2, 0) is 43.6 Å². The number of benzene rings is 3. The van der Waals surface area contributed by atoms with Crippen LogP contribution < -0.4 is 4.72 Å². The molecule has 1 aliphatic rings. The van der Waals surface area contributed by atoms with Gasteiger partial charge in [-0.3, -0.25) is 14.3 Å². The number of hydrogen-bond donors (Lipinski definition) is 1. The number of anilines is 1. The minimum atomic E-state index is -4.01. The Kier molecular flexibility index (Phi) is 8.98. The van der Waals surface area contributed by atoms with Gasteiger partial charge in [0.15, 0.2) is 10.8 Å². The lowest BCUT2D eigenvalue weighted by Crippen LogP contribution is -2.48. The van der Waals surface area contributed by atoms with Crippen LogP contribution in [0.25, 0.3) is 0 Å². The number of nitrogens with one attached hydrogen (secondary N) is 1. The Morgan fingerprint density at radius 3 is 2.05 bits per heavy atom. The third-order valence-corrected chi connectivity index (χ3v) is 8.97. The van der Waals surface area contributed by atoms with Gasteiger partial charge in [-0.25, -0.2) is 4.98 Å². The number of esters is 1. The molecule has 218 valence electrons. The van der Waals surface area contributed by atoms with Crippen molar-refractivity contribution in [2.24, 2.45) is 5.92 Å². The highest BCUT2D eigenvalue weighted by molar-refractivity contribution is 7.92. The van der Waals surface area contributed by atoms with Crippen molar-refractivity contribution >= 4 is 27.5 Å². The minimum Gasteiger partial charge on any atom is -0.458 e. The largest absolute Gasteiger partial charge is 0.458 e. The number of ether oxygens (including phenoxy) is 1. The Bertz CT molecular complexity index is 1670. The van der Waals surface area contributed by atoms with Crippen molar-refractivity contribution in [3.05, 3.63) is 126 Å². The quantitative estimate of drug-likeness (QED) is 0.181. The number of pyridine rings is 1. The zero-order valence-corrected chi connectivity index (χ0v) is 24.3. The molecule has 1 aromatic heterocycles. The zero-order chi connectivity index (χ0) is 30.3. The van der Waals surface area contributed by atoms with Gasteiger partial charge in [-0.05, 0) is 73.1 Å². The monoisotopic (exact) mass is 593 g/mol. The number of aryl methyl sites for hydroxylation is 2. The second-order valence-corrected chi connectivity index (χ2v) is 12.4. The molecular formula is C34H31N3O5S. The van der Waals surface area contributed by atoms with Gasteiger partial charge in [-0.15, -0.1) is 0 Å². The molecule has 1 fully saturated rings. The van der Waals surface area contributed by atoms with Gasteiger partial charge in [0, 0.05) is 18.3 Å². The van der Waals surface area contributed by atoms with Crippen LogP contribution in [-0.4, -0.2) is 30.8 Å². The van der Waals surface area contributed by atoms with Gasteiger partial charge >= 0.3 is 5.97 Å². The van der Waals surface area contributed by atoms with Crippen molar-refractivity contribution in [2.75, 3.05) is 4.72 Å². The minimum absolute atomic E-state index is 0.0931. The van der Waals surface area contributed by atoms with E-state index in [2.05, 4.69) is 9.71 Å². The SMILES string of the molecule is N#Cc1ccc(S(=O)(=O)Nc2cccc(CC3C(=O)CC(CCc4ccccc4)(CCc4ccccc4)OC3=O)c2)nc1. The summed E-state index contributed by atoms with van der Waals surface area (Å²) < 4.78 is 34.3. The molecule has 43 heavy (non-hydrogen) atoms. The highest BCUT2D eigenvalue weighted by Gasteiger charge is 2.46. The van der Waals surface area contributed by atoms with Gasteiger partial charge in [0.1, 0.15) is 17.6 Å². The number of sulfonamides is 1. The van der Waals surface area contributed by atoms with Crippen LogP contribution in [0.15, 0.2) is 108 Å². The predicted octanol–water partition coefficient (Wildman–Crippen LogP) is 5.43. The number of carbonyl (C=O) groups is 2. The van der Waals surface area contributed by atoms with Gasteiger partial charge in [-0.2, -0.15) is 13.7 Å². The Balaban J connectivity index is 1.29. The van der Waals surface area contributed by atoms with Crippen molar-refractivity contribution in [1.29, 1.82) is 5.26 Å². The fourth-order valence-corrected chi connectivity index (χ4v) is 6.32. The zero-order valence-electron chi connectivity index (χ0n) is 23.5. The molecule has 0 amide bonds. The third-order valence-electron chi connectivity index (χ3n) is 7.67. The van der Waals surface area contributed by atoms with Gasteiger partial charge in [-0.1, -0.05) is 72.8 Å². The predicted molar refractivity (Wildman–Crippen MR) is 161 cm³/mol. The van der Waals surface area contributed by atoms with Crippen molar-refractivity contribution in [3.8, 4) is 6.07 Å². The van der Waals surface area contributed by atoms with Gasteiger partial charge in [0.2, 0.25) is 0 Å². The molecule has 3 aromatic carbocycles. The number of rotatable bonds is 11. The Morgan fingerprint density at radius 2 is 1.49 bits per heavy atom. The lowest BCUT2D eigenvalue weighted by molar-refractivity contribution is -0.179. The molecule has 1 N–H and O–H groups in total. The van der Waals surface area contributed by atoms with Crippen LogP contribution in [0.2, 0.25) is 0 Å². The summed E-state index contributed by atoms with van der Waals surface area (Å²) in [7, 11) is -4.01. The molecule has 0 aliphatic carbocycles. The van der Waals surface area contributed by atoms with Crippen LogP contribution >= 0.6 is 0 Å². The van der Waals surface area contributed by atoms with E-state index in [-0.39, 0.29) is 34.9 Å². The molecule has 1 atom stereocenters. The second kappa shape index (κ2) is 13.0. The van der Waals surface area contributed by atoms with Crippen LogP contribution in [0, 0.1) is 17.2 Å². The summed E-state index contributed by atoms with van der Waals surface area (Å²) in [5.41, 5.74) is 2.45. The summed E-state index contributed by atoms with van der Waals surface area (Å²) >= 11 is 0. The first kappa shape index (κ1) is 29.7. The van der Waals surface area contributed by atoms with Crippen LogP contribution in [0.4, 0.5) is 5.69 Å². The van der Waals surface area contributed by atoms with Crippen molar-refractivity contribution in [1.82, 2.24) is 4.98 Å². The van der Waals surface area contributed by atoms with E-state index in [0.717, 1.165) is 11.1 Å². The van der Waals surface area contributed by atoms with Crippen LogP contribution in [0.3, 0.4) is 0 Å². The highest BCUT2D eigenvalue weighted by Crippen LogP contribution is 2.36. The Labute approximate surface area is 251 Å². The van der Waals surface area contributed by atoms with E-state index < -0.39 is 27.5 Å².